The molecule has 3 nitrogen and oxygen atoms in total. The molecule has 0 fully saturated rings. The topological polar surface area (TPSA) is 40.5 Å². The molecule has 0 radical (unpaired) electrons. The van der Waals surface area contributed by atoms with E-state index in [1.807, 2.05) is 43.0 Å². The van der Waals surface area contributed by atoms with Crippen LogP contribution in [0.5, 0.6) is 0 Å². The standard InChI is InChI=1S/C13H18BrNO2/c1-4-15(5-2)13(3,12(16)17)10-8-6-7-9-11(10)14/h6-9H,4-5H2,1-3H3,(H,16,17). The first-order valence-corrected chi connectivity index (χ1v) is 6.51. The second kappa shape index (κ2) is 5.65. The highest BCUT2D eigenvalue weighted by molar-refractivity contribution is 9.10. The van der Waals surface area contributed by atoms with Crippen LogP contribution < -0.4 is 0 Å². The molecule has 0 aliphatic rings. The number of benzene rings is 1. The van der Waals surface area contributed by atoms with Gasteiger partial charge < -0.3 is 5.11 Å². The van der Waals surface area contributed by atoms with Gasteiger partial charge in [-0.05, 0) is 31.6 Å². The van der Waals surface area contributed by atoms with Crippen LogP contribution in [0.4, 0.5) is 0 Å². The molecule has 0 aliphatic carbocycles. The summed E-state index contributed by atoms with van der Waals surface area (Å²) in [7, 11) is 0. The number of likely N-dealkylation sites (N-methyl/N-ethyl adjacent to an activating group) is 1. The fourth-order valence-corrected chi connectivity index (χ4v) is 2.80. The maximum Gasteiger partial charge on any atom is 0.328 e. The molecule has 1 rings (SSSR count). The number of nitrogens with zero attached hydrogens (tertiary/aromatic N) is 1. The van der Waals surface area contributed by atoms with Crippen LogP contribution in [0.1, 0.15) is 26.3 Å². The lowest BCUT2D eigenvalue weighted by molar-refractivity contribution is -0.151. The van der Waals surface area contributed by atoms with Gasteiger partial charge in [-0.1, -0.05) is 48.0 Å². The van der Waals surface area contributed by atoms with Gasteiger partial charge in [-0.2, -0.15) is 0 Å². The predicted octanol–water partition coefficient (Wildman–Crippen LogP) is 3.09. The molecule has 1 unspecified atom stereocenters. The molecule has 4 heteroatoms. The Morgan fingerprint density at radius 3 is 2.29 bits per heavy atom. The van der Waals surface area contributed by atoms with Gasteiger partial charge in [0.1, 0.15) is 5.54 Å². The van der Waals surface area contributed by atoms with Crippen molar-refractivity contribution in [2.45, 2.75) is 26.3 Å². The molecule has 0 aliphatic heterocycles. The highest BCUT2D eigenvalue weighted by atomic mass is 79.9. The Balaban J connectivity index is 3.35. The highest BCUT2D eigenvalue weighted by Crippen LogP contribution is 2.33. The second-order valence-electron chi connectivity index (χ2n) is 4.03. The zero-order chi connectivity index (χ0) is 13.1. The normalized spacial score (nSPS) is 14.6. The van der Waals surface area contributed by atoms with Crippen molar-refractivity contribution in [1.29, 1.82) is 0 Å². The molecule has 0 heterocycles. The van der Waals surface area contributed by atoms with Crippen LogP contribution in [0.2, 0.25) is 0 Å². The third-order valence-corrected chi connectivity index (χ3v) is 3.90. The first kappa shape index (κ1) is 14.2. The van der Waals surface area contributed by atoms with Gasteiger partial charge in [0, 0.05) is 4.47 Å². The molecular weight excluding hydrogens is 282 g/mol. The van der Waals surface area contributed by atoms with E-state index in [4.69, 9.17) is 0 Å². The molecule has 1 aromatic rings. The first-order valence-electron chi connectivity index (χ1n) is 5.71. The summed E-state index contributed by atoms with van der Waals surface area (Å²) in [5.41, 5.74) is -0.208. The lowest BCUT2D eigenvalue weighted by atomic mass is 9.90. The van der Waals surface area contributed by atoms with Crippen molar-refractivity contribution < 1.29 is 9.90 Å². The maximum absolute atomic E-state index is 11.7. The van der Waals surface area contributed by atoms with Gasteiger partial charge in [-0.15, -0.1) is 0 Å². The molecule has 0 saturated heterocycles. The smallest absolute Gasteiger partial charge is 0.328 e. The minimum absolute atomic E-state index is 0.695. The minimum atomic E-state index is -0.996. The van der Waals surface area contributed by atoms with Crippen LogP contribution >= 0.6 is 15.9 Å². The largest absolute Gasteiger partial charge is 0.480 e. The number of carboxylic acids is 1. The van der Waals surface area contributed by atoms with E-state index in [-0.39, 0.29) is 0 Å². The first-order chi connectivity index (χ1) is 7.98. The van der Waals surface area contributed by atoms with Crippen molar-refractivity contribution in [3.8, 4) is 0 Å². The van der Waals surface area contributed by atoms with Gasteiger partial charge >= 0.3 is 5.97 Å². The Labute approximate surface area is 111 Å². The molecule has 0 saturated carbocycles. The molecule has 0 bridgehead atoms. The molecule has 0 aromatic heterocycles. The van der Waals surface area contributed by atoms with Gasteiger partial charge in [0.25, 0.3) is 0 Å². The average Bonchev–Trinajstić information content (AvgIpc) is 2.30. The van der Waals surface area contributed by atoms with E-state index in [9.17, 15) is 9.90 Å². The molecule has 1 atom stereocenters. The number of hydrogen-bond donors (Lipinski definition) is 1. The van der Waals surface area contributed by atoms with E-state index in [0.29, 0.717) is 13.1 Å². The van der Waals surface area contributed by atoms with Gasteiger partial charge in [-0.25, -0.2) is 4.79 Å². The highest BCUT2D eigenvalue weighted by Gasteiger charge is 2.41. The summed E-state index contributed by atoms with van der Waals surface area (Å²) >= 11 is 3.44. The minimum Gasteiger partial charge on any atom is -0.480 e. The van der Waals surface area contributed by atoms with Gasteiger partial charge in [0.2, 0.25) is 0 Å². The summed E-state index contributed by atoms with van der Waals surface area (Å²) in [6.45, 7) is 7.09. The molecule has 17 heavy (non-hydrogen) atoms. The van der Waals surface area contributed by atoms with Crippen LogP contribution in [-0.4, -0.2) is 29.1 Å². The lowest BCUT2D eigenvalue weighted by Gasteiger charge is -2.37. The lowest BCUT2D eigenvalue weighted by Crippen LogP contribution is -2.49. The van der Waals surface area contributed by atoms with Crippen LogP contribution in [0.25, 0.3) is 0 Å². The van der Waals surface area contributed by atoms with E-state index in [2.05, 4.69) is 15.9 Å². The summed E-state index contributed by atoms with van der Waals surface area (Å²) in [5, 5.41) is 9.58. The maximum atomic E-state index is 11.7. The van der Waals surface area contributed by atoms with Crippen molar-refractivity contribution in [3.05, 3.63) is 34.3 Å². The monoisotopic (exact) mass is 299 g/mol. The van der Waals surface area contributed by atoms with Gasteiger partial charge in [0.05, 0.1) is 0 Å². The number of rotatable bonds is 5. The Bertz CT molecular complexity index is 404. The zero-order valence-electron chi connectivity index (χ0n) is 10.4. The Kier molecular flexibility index (Phi) is 4.71. The fourth-order valence-electron chi connectivity index (χ4n) is 2.13. The molecule has 1 N–H and O–H groups in total. The van der Waals surface area contributed by atoms with Crippen molar-refractivity contribution in [2.24, 2.45) is 0 Å². The van der Waals surface area contributed by atoms with E-state index in [1.165, 1.54) is 0 Å². The van der Waals surface area contributed by atoms with Crippen LogP contribution in [0.15, 0.2) is 28.7 Å². The van der Waals surface area contributed by atoms with Crippen molar-refractivity contribution in [1.82, 2.24) is 4.90 Å². The molecule has 94 valence electrons. The van der Waals surface area contributed by atoms with Crippen LogP contribution in [-0.2, 0) is 10.3 Å². The zero-order valence-corrected chi connectivity index (χ0v) is 12.0. The van der Waals surface area contributed by atoms with Crippen molar-refractivity contribution in [3.63, 3.8) is 0 Å². The van der Waals surface area contributed by atoms with E-state index >= 15 is 0 Å². The summed E-state index contributed by atoms with van der Waals surface area (Å²) in [6, 6.07) is 7.49. The van der Waals surface area contributed by atoms with Gasteiger partial charge in [-0.3, -0.25) is 4.90 Å². The van der Waals surface area contributed by atoms with E-state index in [0.717, 1.165) is 10.0 Å². The summed E-state index contributed by atoms with van der Waals surface area (Å²) in [4.78, 5) is 13.6. The van der Waals surface area contributed by atoms with Crippen molar-refractivity contribution in [2.75, 3.05) is 13.1 Å². The molecule has 0 spiro atoms. The predicted molar refractivity (Wildman–Crippen MR) is 72.1 cm³/mol. The third kappa shape index (κ3) is 2.53. The van der Waals surface area contributed by atoms with Gasteiger partial charge in [0.15, 0.2) is 0 Å². The fraction of sp³-hybridized carbons (Fsp3) is 0.462. The Morgan fingerprint density at radius 2 is 1.88 bits per heavy atom. The Hall–Kier alpha value is -0.870. The number of aliphatic carboxylic acids is 1. The molecular formula is C13H18BrNO2. The Morgan fingerprint density at radius 1 is 1.35 bits per heavy atom. The van der Waals surface area contributed by atoms with Crippen molar-refractivity contribution >= 4 is 21.9 Å². The second-order valence-corrected chi connectivity index (χ2v) is 4.88. The average molecular weight is 300 g/mol. The summed E-state index contributed by atoms with van der Waals surface area (Å²) in [5.74, 6) is -0.826. The number of carbonyl (C=O) groups is 1. The quantitative estimate of drug-likeness (QED) is 0.908. The summed E-state index contributed by atoms with van der Waals surface area (Å²) in [6.07, 6.45) is 0. The number of hydrogen-bond acceptors (Lipinski definition) is 2. The number of halogens is 1. The molecule has 1 aromatic carbocycles. The van der Waals surface area contributed by atoms with Crippen LogP contribution in [0, 0.1) is 0 Å². The molecule has 0 amide bonds. The summed E-state index contributed by atoms with van der Waals surface area (Å²) < 4.78 is 0.830. The third-order valence-electron chi connectivity index (χ3n) is 3.21. The van der Waals surface area contributed by atoms with E-state index < -0.39 is 11.5 Å². The van der Waals surface area contributed by atoms with E-state index in [1.54, 1.807) is 6.92 Å². The number of carboxylic acid groups (broad SMARTS) is 1. The SMILES string of the molecule is CCN(CC)C(C)(C(=O)O)c1ccccc1Br. The van der Waals surface area contributed by atoms with Crippen LogP contribution in [0.3, 0.4) is 0 Å².